The predicted molar refractivity (Wildman–Crippen MR) is 66.2 cm³/mol. The summed E-state index contributed by atoms with van der Waals surface area (Å²) in [6, 6.07) is 6.50. The van der Waals surface area contributed by atoms with Crippen molar-refractivity contribution in [2.45, 2.75) is 44.2 Å². The molecule has 0 saturated carbocycles. The topological polar surface area (TPSA) is 32.3 Å². The van der Waals surface area contributed by atoms with E-state index in [2.05, 4.69) is 5.32 Å². The van der Waals surface area contributed by atoms with Gasteiger partial charge in [0.25, 0.3) is 0 Å². The zero-order valence-electron chi connectivity index (χ0n) is 10.2. The lowest BCUT2D eigenvalue weighted by Gasteiger charge is -2.32. The highest BCUT2D eigenvalue weighted by molar-refractivity contribution is 5.22. The van der Waals surface area contributed by atoms with Crippen LogP contribution < -0.4 is 5.32 Å². The molecule has 2 nitrogen and oxygen atoms in total. The summed E-state index contributed by atoms with van der Waals surface area (Å²) in [5.41, 5.74) is -0.103. The summed E-state index contributed by atoms with van der Waals surface area (Å²) in [6.45, 7) is 2.83. The lowest BCUT2D eigenvalue weighted by Crippen LogP contribution is -2.39. The highest BCUT2D eigenvalue weighted by Gasteiger charge is 2.28. The second-order valence-corrected chi connectivity index (χ2v) is 5.13. The molecule has 1 saturated heterocycles. The number of hydrogen-bond donors (Lipinski definition) is 2. The zero-order valence-corrected chi connectivity index (χ0v) is 10.2. The predicted octanol–water partition coefficient (Wildman–Crippen LogP) is 2.57. The first kappa shape index (κ1) is 12.5. The summed E-state index contributed by atoms with van der Waals surface area (Å²) in [5.74, 6) is -0.264. The molecule has 0 bridgehead atoms. The molecule has 0 aromatic heterocycles. The van der Waals surface area contributed by atoms with Crippen LogP contribution >= 0.6 is 0 Å². The average Bonchev–Trinajstić information content (AvgIpc) is 2.30. The van der Waals surface area contributed by atoms with E-state index < -0.39 is 5.60 Å². The number of aliphatic hydroxyl groups is 1. The maximum atomic E-state index is 12.8. The van der Waals surface area contributed by atoms with Gasteiger partial charge in [-0.05, 0) is 50.4 Å². The van der Waals surface area contributed by atoms with Crippen LogP contribution in [0.4, 0.5) is 4.39 Å². The van der Waals surface area contributed by atoms with Crippen molar-refractivity contribution in [3.63, 3.8) is 0 Å². The number of halogens is 1. The van der Waals surface area contributed by atoms with E-state index in [9.17, 15) is 9.50 Å². The van der Waals surface area contributed by atoms with Gasteiger partial charge < -0.3 is 10.4 Å². The van der Waals surface area contributed by atoms with E-state index in [1.165, 1.54) is 25.0 Å². The number of nitrogens with one attached hydrogen (secondary N) is 1. The van der Waals surface area contributed by atoms with Crippen molar-refractivity contribution < 1.29 is 9.50 Å². The van der Waals surface area contributed by atoms with Crippen LogP contribution in [0.5, 0.6) is 0 Å². The second kappa shape index (κ2) is 5.15. The van der Waals surface area contributed by atoms with Gasteiger partial charge in [-0.1, -0.05) is 18.6 Å². The van der Waals surface area contributed by atoms with Gasteiger partial charge in [-0.15, -0.1) is 0 Å². The van der Waals surface area contributed by atoms with Crippen molar-refractivity contribution in [1.29, 1.82) is 0 Å². The molecular weight excluding hydrogens is 217 g/mol. The van der Waals surface area contributed by atoms with Crippen LogP contribution in [0.2, 0.25) is 0 Å². The highest BCUT2D eigenvalue weighted by Crippen LogP contribution is 2.28. The lowest BCUT2D eigenvalue weighted by molar-refractivity contribution is 0.0332. The minimum Gasteiger partial charge on any atom is -0.385 e. The molecule has 0 amide bonds. The van der Waals surface area contributed by atoms with Gasteiger partial charge in [-0.25, -0.2) is 4.39 Å². The summed E-state index contributed by atoms with van der Waals surface area (Å²) in [4.78, 5) is 0. The van der Waals surface area contributed by atoms with Gasteiger partial charge in [0.15, 0.2) is 0 Å². The minimum atomic E-state index is -0.886. The molecule has 17 heavy (non-hydrogen) atoms. The Balaban J connectivity index is 2.04. The Morgan fingerprint density at radius 2 is 2.06 bits per heavy atom. The van der Waals surface area contributed by atoms with E-state index in [4.69, 9.17) is 0 Å². The third kappa shape index (κ3) is 3.27. The number of rotatable bonds is 3. The first-order valence-electron chi connectivity index (χ1n) is 6.30. The average molecular weight is 237 g/mol. The first-order valence-corrected chi connectivity index (χ1v) is 6.30. The Morgan fingerprint density at radius 1 is 1.35 bits per heavy atom. The fourth-order valence-corrected chi connectivity index (χ4v) is 2.50. The highest BCUT2D eigenvalue weighted by atomic mass is 19.1. The molecular formula is C14H20FNO. The van der Waals surface area contributed by atoms with Gasteiger partial charge in [0.1, 0.15) is 5.82 Å². The maximum Gasteiger partial charge on any atom is 0.123 e. The van der Waals surface area contributed by atoms with E-state index >= 15 is 0 Å². The zero-order chi connectivity index (χ0) is 12.3. The molecule has 2 atom stereocenters. The van der Waals surface area contributed by atoms with E-state index in [0.717, 1.165) is 18.5 Å². The van der Waals surface area contributed by atoms with Crippen LogP contribution in [0.25, 0.3) is 0 Å². The smallest absolute Gasteiger partial charge is 0.123 e. The van der Waals surface area contributed by atoms with Crippen LogP contribution in [-0.4, -0.2) is 17.7 Å². The van der Waals surface area contributed by atoms with Gasteiger partial charge in [-0.2, -0.15) is 0 Å². The van der Waals surface area contributed by atoms with Crippen LogP contribution in [0.15, 0.2) is 24.3 Å². The molecule has 94 valence electrons. The van der Waals surface area contributed by atoms with E-state index in [1.807, 2.05) is 0 Å². The van der Waals surface area contributed by atoms with Gasteiger partial charge >= 0.3 is 0 Å². The summed E-state index contributed by atoms with van der Waals surface area (Å²) in [6.07, 6.45) is 4.22. The number of hydrogen-bond acceptors (Lipinski definition) is 2. The molecule has 2 N–H and O–H groups in total. The quantitative estimate of drug-likeness (QED) is 0.847. The van der Waals surface area contributed by atoms with Crippen molar-refractivity contribution in [3.05, 3.63) is 35.6 Å². The van der Waals surface area contributed by atoms with E-state index in [0.29, 0.717) is 12.5 Å². The van der Waals surface area contributed by atoms with Crippen molar-refractivity contribution >= 4 is 0 Å². The molecule has 0 aliphatic carbocycles. The molecule has 1 fully saturated rings. The van der Waals surface area contributed by atoms with Gasteiger partial charge in [0, 0.05) is 6.04 Å². The third-order valence-electron chi connectivity index (χ3n) is 3.52. The normalized spacial score (nSPS) is 24.3. The van der Waals surface area contributed by atoms with E-state index in [-0.39, 0.29) is 5.82 Å². The van der Waals surface area contributed by atoms with Crippen LogP contribution in [-0.2, 0) is 5.60 Å². The van der Waals surface area contributed by atoms with Crippen molar-refractivity contribution in [3.8, 4) is 0 Å². The lowest BCUT2D eigenvalue weighted by atomic mass is 9.86. The molecule has 1 heterocycles. The molecule has 2 unspecified atom stereocenters. The van der Waals surface area contributed by atoms with Gasteiger partial charge in [0.2, 0.25) is 0 Å². The number of benzene rings is 1. The Kier molecular flexibility index (Phi) is 3.79. The molecule has 1 aliphatic heterocycles. The molecule has 1 aromatic carbocycles. The van der Waals surface area contributed by atoms with Crippen LogP contribution in [0.3, 0.4) is 0 Å². The molecule has 0 spiro atoms. The minimum absolute atomic E-state index is 0.264. The Hall–Kier alpha value is -0.930. The molecule has 1 aliphatic rings. The standard InChI is InChI=1S/C14H20FNO/c1-14(17,10-13-4-2-3-9-16-13)11-5-7-12(15)8-6-11/h5-8,13,16-17H,2-4,9-10H2,1H3. The summed E-state index contributed by atoms with van der Waals surface area (Å²) in [5, 5.41) is 13.9. The summed E-state index contributed by atoms with van der Waals surface area (Å²) < 4.78 is 12.8. The SMILES string of the molecule is CC(O)(CC1CCCCN1)c1ccc(F)cc1. The molecule has 3 heteroatoms. The van der Waals surface area contributed by atoms with Crippen molar-refractivity contribution in [1.82, 2.24) is 5.32 Å². The molecule has 0 radical (unpaired) electrons. The first-order chi connectivity index (χ1) is 8.08. The number of piperidine rings is 1. The van der Waals surface area contributed by atoms with Crippen molar-refractivity contribution in [2.75, 3.05) is 6.54 Å². The van der Waals surface area contributed by atoms with Gasteiger partial charge in [0.05, 0.1) is 5.60 Å². The van der Waals surface area contributed by atoms with Crippen LogP contribution in [0, 0.1) is 5.82 Å². The summed E-state index contributed by atoms with van der Waals surface area (Å²) >= 11 is 0. The monoisotopic (exact) mass is 237 g/mol. The Morgan fingerprint density at radius 3 is 2.65 bits per heavy atom. The Bertz CT molecular complexity index is 355. The molecule has 2 rings (SSSR count). The Labute approximate surface area is 102 Å². The molecule has 1 aromatic rings. The maximum absolute atomic E-state index is 12.8. The largest absolute Gasteiger partial charge is 0.385 e. The van der Waals surface area contributed by atoms with Gasteiger partial charge in [-0.3, -0.25) is 0 Å². The summed E-state index contributed by atoms with van der Waals surface area (Å²) in [7, 11) is 0. The fraction of sp³-hybridized carbons (Fsp3) is 0.571. The van der Waals surface area contributed by atoms with E-state index in [1.54, 1.807) is 19.1 Å². The third-order valence-corrected chi connectivity index (χ3v) is 3.52. The van der Waals surface area contributed by atoms with Crippen molar-refractivity contribution in [2.24, 2.45) is 0 Å². The fourth-order valence-electron chi connectivity index (χ4n) is 2.50. The second-order valence-electron chi connectivity index (χ2n) is 5.13. The van der Waals surface area contributed by atoms with Crippen LogP contribution in [0.1, 0.15) is 38.2 Å².